The molecular formula is C30H30N2O4. The third kappa shape index (κ3) is 6.21. The molecule has 36 heavy (non-hydrogen) atoms. The molecule has 2 N–H and O–H groups in total. The quantitative estimate of drug-likeness (QED) is 0.206. The largest absolute Gasteiger partial charge is 0.491 e. The van der Waals surface area contributed by atoms with Crippen molar-refractivity contribution in [1.82, 2.24) is 4.57 Å². The summed E-state index contributed by atoms with van der Waals surface area (Å²) in [5, 5.41) is 12.8. The van der Waals surface area contributed by atoms with Crippen LogP contribution in [0.2, 0.25) is 0 Å². The molecule has 0 unspecified atom stereocenters. The SMILES string of the molecule is CC(=CC(=O)Nc1ccccc1OCCCC(=O)O)c1ccc2c(ccn2Cc2ccccc2C)c1. The number of aromatic nitrogens is 1. The molecule has 184 valence electrons. The number of aryl methyl sites for hydroxylation is 1. The van der Waals surface area contributed by atoms with Crippen LogP contribution in [0.25, 0.3) is 16.5 Å². The van der Waals surface area contributed by atoms with Gasteiger partial charge < -0.3 is 19.7 Å². The lowest BCUT2D eigenvalue weighted by Crippen LogP contribution is -2.11. The molecule has 0 aliphatic rings. The molecule has 4 aromatic rings. The molecule has 0 radical (unpaired) electrons. The first-order chi connectivity index (χ1) is 17.4. The van der Waals surface area contributed by atoms with Crippen molar-refractivity contribution in [2.75, 3.05) is 11.9 Å². The first kappa shape index (κ1) is 24.8. The Kier molecular flexibility index (Phi) is 7.85. The summed E-state index contributed by atoms with van der Waals surface area (Å²) in [4.78, 5) is 23.4. The number of hydrogen-bond acceptors (Lipinski definition) is 3. The van der Waals surface area contributed by atoms with E-state index in [1.165, 1.54) is 11.1 Å². The molecular weight excluding hydrogens is 452 g/mol. The van der Waals surface area contributed by atoms with Gasteiger partial charge in [-0.3, -0.25) is 9.59 Å². The van der Waals surface area contributed by atoms with Crippen molar-refractivity contribution in [2.45, 2.75) is 33.2 Å². The Hall–Kier alpha value is -4.32. The van der Waals surface area contributed by atoms with Crippen LogP contribution in [0.4, 0.5) is 5.69 Å². The number of allylic oxidation sites excluding steroid dienone is 1. The maximum Gasteiger partial charge on any atom is 0.303 e. The van der Waals surface area contributed by atoms with Crippen LogP contribution < -0.4 is 10.1 Å². The normalized spacial score (nSPS) is 11.4. The maximum absolute atomic E-state index is 12.7. The number of aliphatic carboxylic acids is 1. The highest BCUT2D eigenvalue weighted by Crippen LogP contribution is 2.26. The lowest BCUT2D eigenvalue weighted by Gasteiger charge is -2.12. The molecule has 0 saturated carbocycles. The zero-order valence-electron chi connectivity index (χ0n) is 20.5. The average Bonchev–Trinajstić information content (AvgIpc) is 3.26. The van der Waals surface area contributed by atoms with E-state index in [9.17, 15) is 9.59 Å². The van der Waals surface area contributed by atoms with Crippen molar-refractivity contribution in [1.29, 1.82) is 0 Å². The number of carboxylic acids is 1. The van der Waals surface area contributed by atoms with Gasteiger partial charge >= 0.3 is 5.97 Å². The van der Waals surface area contributed by atoms with Crippen LogP contribution in [0, 0.1) is 6.92 Å². The Morgan fingerprint density at radius 1 is 1.03 bits per heavy atom. The van der Waals surface area contributed by atoms with Crippen molar-refractivity contribution in [2.24, 2.45) is 0 Å². The molecule has 1 amide bonds. The van der Waals surface area contributed by atoms with E-state index in [1.54, 1.807) is 18.2 Å². The van der Waals surface area contributed by atoms with E-state index in [-0.39, 0.29) is 18.9 Å². The summed E-state index contributed by atoms with van der Waals surface area (Å²) < 4.78 is 7.91. The molecule has 0 fully saturated rings. The maximum atomic E-state index is 12.7. The fraction of sp³-hybridized carbons (Fsp3) is 0.200. The monoisotopic (exact) mass is 482 g/mol. The van der Waals surface area contributed by atoms with Gasteiger partial charge in [-0.2, -0.15) is 0 Å². The van der Waals surface area contributed by atoms with Crippen LogP contribution in [0.5, 0.6) is 5.75 Å². The summed E-state index contributed by atoms with van der Waals surface area (Å²) in [6, 6.07) is 23.9. The number of hydrogen-bond donors (Lipinski definition) is 2. The van der Waals surface area contributed by atoms with Crippen molar-refractivity contribution in [3.63, 3.8) is 0 Å². The lowest BCUT2D eigenvalue weighted by molar-refractivity contribution is -0.137. The molecule has 6 heteroatoms. The highest BCUT2D eigenvalue weighted by Gasteiger charge is 2.09. The molecule has 0 aliphatic carbocycles. The number of anilines is 1. The Labute approximate surface area is 210 Å². The minimum atomic E-state index is -0.859. The number of rotatable bonds is 10. The summed E-state index contributed by atoms with van der Waals surface area (Å²) in [7, 11) is 0. The van der Waals surface area contributed by atoms with Crippen LogP contribution in [0.3, 0.4) is 0 Å². The smallest absolute Gasteiger partial charge is 0.303 e. The molecule has 0 atom stereocenters. The summed E-state index contributed by atoms with van der Waals surface area (Å²) in [5.74, 6) is -0.605. The molecule has 0 spiro atoms. The van der Waals surface area contributed by atoms with E-state index in [1.807, 2.05) is 25.1 Å². The van der Waals surface area contributed by atoms with Gasteiger partial charge in [0.15, 0.2) is 0 Å². The molecule has 0 aliphatic heterocycles. The van der Waals surface area contributed by atoms with Crippen LogP contribution in [-0.2, 0) is 16.1 Å². The van der Waals surface area contributed by atoms with Gasteiger partial charge in [-0.15, -0.1) is 0 Å². The van der Waals surface area contributed by atoms with E-state index in [0.717, 1.165) is 28.6 Å². The van der Waals surface area contributed by atoms with Crippen molar-refractivity contribution >= 4 is 34.0 Å². The Morgan fingerprint density at radius 2 is 1.81 bits per heavy atom. The van der Waals surface area contributed by atoms with Crippen molar-refractivity contribution < 1.29 is 19.4 Å². The second-order valence-corrected chi connectivity index (χ2v) is 8.80. The van der Waals surface area contributed by atoms with E-state index >= 15 is 0 Å². The standard InChI is InChI=1S/C30H30N2O4/c1-21-8-3-4-9-25(21)20-32-16-15-24-19-23(13-14-27(24)32)22(2)18-29(33)31-26-10-5-6-11-28(26)36-17-7-12-30(34)35/h3-6,8-11,13-16,18-19H,7,12,17,20H2,1-2H3,(H,31,33)(H,34,35). The number of nitrogens with zero attached hydrogens (tertiary/aromatic N) is 1. The summed E-state index contributed by atoms with van der Waals surface area (Å²) in [6.07, 6.45) is 4.11. The number of para-hydroxylation sites is 2. The van der Waals surface area contributed by atoms with Gasteiger partial charge in [-0.25, -0.2) is 0 Å². The molecule has 6 nitrogen and oxygen atoms in total. The number of fused-ring (bicyclic) bond motifs is 1. The summed E-state index contributed by atoms with van der Waals surface area (Å²) in [6.45, 7) is 5.11. The third-order valence-corrected chi connectivity index (χ3v) is 6.11. The van der Waals surface area contributed by atoms with Gasteiger partial charge in [0.2, 0.25) is 5.91 Å². The number of benzene rings is 3. The van der Waals surface area contributed by atoms with Crippen molar-refractivity contribution in [3.05, 3.63) is 102 Å². The summed E-state index contributed by atoms with van der Waals surface area (Å²) >= 11 is 0. The highest BCUT2D eigenvalue weighted by atomic mass is 16.5. The number of nitrogens with one attached hydrogen (secondary N) is 1. The molecule has 0 bridgehead atoms. The minimum absolute atomic E-state index is 0.0378. The fourth-order valence-corrected chi connectivity index (χ4v) is 4.10. The number of ether oxygens (including phenoxy) is 1. The Bertz CT molecular complexity index is 1420. The topological polar surface area (TPSA) is 80.6 Å². The zero-order chi connectivity index (χ0) is 25.5. The third-order valence-electron chi connectivity index (χ3n) is 6.11. The summed E-state index contributed by atoms with van der Waals surface area (Å²) in [5.41, 5.74) is 6.08. The highest BCUT2D eigenvalue weighted by molar-refractivity contribution is 6.04. The molecule has 1 heterocycles. The average molecular weight is 483 g/mol. The molecule has 0 saturated heterocycles. The van der Waals surface area contributed by atoms with Crippen LogP contribution in [0.15, 0.2) is 85.1 Å². The lowest BCUT2D eigenvalue weighted by atomic mass is 10.0. The van der Waals surface area contributed by atoms with Crippen LogP contribution in [-0.4, -0.2) is 28.2 Å². The van der Waals surface area contributed by atoms with E-state index in [4.69, 9.17) is 9.84 Å². The van der Waals surface area contributed by atoms with E-state index < -0.39 is 5.97 Å². The number of amides is 1. The van der Waals surface area contributed by atoms with Gasteiger partial charge in [0, 0.05) is 36.1 Å². The van der Waals surface area contributed by atoms with Gasteiger partial charge in [0.1, 0.15) is 5.75 Å². The van der Waals surface area contributed by atoms with Gasteiger partial charge in [0.05, 0.1) is 12.3 Å². The second kappa shape index (κ2) is 11.4. The van der Waals surface area contributed by atoms with Crippen LogP contribution >= 0.6 is 0 Å². The van der Waals surface area contributed by atoms with Gasteiger partial charge in [-0.1, -0.05) is 42.5 Å². The first-order valence-electron chi connectivity index (χ1n) is 12.0. The predicted octanol–water partition coefficient (Wildman–Crippen LogP) is 6.28. The number of carbonyl (C=O) groups is 2. The van der Waals surface area contributed by atoms with Gasteiger partial charge in [-0.05, 0) is 72.9 Å². The van der Waals surface area contributed by atoms with Crippen molar-refractivity contribution in [3.8, 4) is 5.75 Å². The molecule has 3 aromatic carbocycles. The fourth-order valence-electron chi connectivity index (χ4n) is 4.10. The molecule has 1 aromatic heterocycles. The van der Waals surface area contributed by atoms with E-state index in [2.05, 4.69) is 65.5 Å². The minimum Gasteiger partial charge on any atom is -0.491 e. The Balaban J connectivity index is 1.44. The Morgan fingerprint density at radius 3 is 2.61 bits per heavy atom. The van der Waals surface area contributed by atoms with E-state index in [0.29, 0.717) is 17.9 Å². The number of carbonyl (C=O) groups excluding carboxylic acids is 1. The number of carboxylic acid groups (broad SMARTS) is 1. The molecule has 4 rings (SSSR count). The van der Waals surface area contributed by atoms with Crippen LogP contribution in [0.1, 0.15) is 36.5 Å². The zero-order valence-corrected chi connectivity index (χ0v) is 20.5. The first-order valence-corrected chi connectivity index (χ1v) is 12.0. The predicted molar refractivity (Wildman–Crippen MR) is 143 cm³/mol. The second-order valence-electron chi connectivity index (χ2n) is 8.80. The van der Waals surface area contributed by atoms with Gasteiger partial charge in [0.25, 0.3) is 0 Å².